The van der Waals surface area contributed by atoms with E-state index in [1.807, 2.05) is 0 Å². The number of aromatic amines is 1. The maximum absolute atomic E-state index is 13.2. The van der Waals surface area contributed by atoms with Crippen LogP contribution >= 0.6 is 11.6 Å². The van der Waals surface area contributed by atoms with Crippen molar-refractivity contribution in [2.24, 2.45) is 0 Å². The van der Waals surface area contributed by atoms with Crippen LogP contribution in [-0.4, -0.2) is 22.0 Å². The quantitative estimate of drug-likeness (QED) is 0.680. The first-order valence-electron chi connectivity index (χ1n) is 6.58. The number of para-hydroxylation sites is 1. The van der Waals surface area contributed by atoms with Gasteiger partial charge in [0, 0.05) is 16.6 Å². The Hall–Kier alpha value is -2.86. The zero-order valence-electron chi connectivity index (χ0n) is 11.6. The molecule has 0 unspecified atom stereocenters. The molecule has 0 aliphatic carbocycles. The standard InChI is InChI=1S/C16H10ClFN2O3/c17-10-7-8(5-6-11(10)18)19-15(21)13-9-3-1-2-4-12(9)20-14(13)16(22)23/h1-7,20H,(H,19,21)(H,22,23). The summed E-state index contributed by atoms with van der Waals surface area (Å²) in [5.74, 6) is -2.48. The molecule has 1 amide bonds. The van der Waals surface area contributed by atoms with E-state index in [1.54, 1.807) is 24.3 Å². The third kappa shape index (κ3) is 2.76. The van der Waals surface area contributed by atoms with E-state index >= 15 is 0 Å². The number of halogens is 2. The summed E-state index contributed by atoms with van der Waals surface area (Å²) in [5.41, 5.74) is 0.598. The number of hydrogen-bond donors (Lipinski definition) is 3. The molecule has 7 heteroatoms. The lowest BCUT2D eigenvalue weighted by atomic mass is 10.1. The molecule has 3 aromatic rings. The molecule has 0 bridgehead atoms. The average molecular weight is 333 g/mol. The first kappa shape index (κ1) is 15.1. The molecule has 0 radical (unpaired) electrons. The minimum absolute atomic E-state index is 0.00791. The van der Waals surface area contributed by atoms with Gasteiger partial charge in [-0.2, -0.15) is 0 Å². The fourth-order valence-corrected chi connectivity index (χ4v) is 2.49. The number of aromatic nitrogens is 1. The summed E-state index contributed by atoms with van der Waals surface area (Å²) in [6, 6.07) is 10.5. The Morgan fingerprint density at radius 3 is 2.61 bits per heavy atom. The molecule has 1 heterocycles. The largest absolute Gasteiger partial charge is 0.477 e. The molecule has 116 valence electrons. The van der Waals surface area contributed by atoms with Gasteiger partial charge in [-0.05, 0) is 24.3 Å². The van der Waals surface area contributed by atoms with Crippen LogP contribution in [0.3, 0.4) is 0 Å². The maximum Gasteiger partial charge on any atom is 0.353 e. The van der Waals surface area contributed by atoms with Gasteiger partial charge in [-0.1, -0.05) is 29.8 Å². The van der Waals surface area contributed by atoms with Crippen molar-refractivity contribution in [3.63, 3.8) is 0 Å². The normalized spacial score (nSPS) is 10.7. The number of benzene rings is 2. The minimum Gasteiger partial charge on any atom is -0.477 e. The summed E-state index contributed by atoms with van der Waals surface area (Å²) >= 11 is 5.67. The Morgan fingerprint density at radius 2 is 1.91 bits per heavy atom. The number of H-pyrrole nitrogens is 1. The number of nitrogens with one attached hydrogen (secondary N) is 2. The van der Waals surface area contributed by atoms with Crippen molar-refractivity contribution in [2.45, 2.75) is 0 Å². The smallest absolute Gasteiger partial charge is 0.353 e. The van der Waals surface area contributed by atoms with Crippen LogP contribution in [0.25, 0.3) is 10.9 Å². The lowest BCUT2D eigenvalue weighted by Gasteiger charge is -2.06. The Labute approximate surface area is 134 Å². The topological polar surface area (TPSA) is 82.2 Å². The zero-order valence-corrected chi connectivity index (χ0v) is 12.3. The van der Waals surface area contributed by atoms with E-state index in [4.69, 9.17) is 11.6 Å². The number of aromatic carboxylic acids is 1. The maximum atomic E-state index is 13.2. The Bertz CT molecular complexity index is 936. The van der Waals surface area contributed by atoms with Gasteiger partial charge in [-0.3, -0.25) is 4.79 Å². The van der Waals surface area contributed by atoms with Crippen LogP contribution in [0.2, 0.25) is 5.02 Å². The van der Waals surface area contributed by atoms with Gasteiger partial charge >= 0.3 is 5.97 Å². The number of carbonyl (C=O) groups excluding carboxylic acids is 1. The first-order chi connectivity index (χ1) is 11.0. The molecule has 5 nitrogen and oxygen atoms in total. The molecule has 0 saturated carbocycles. The summed E-state index contributed by atoms with van der Waals surface area (Å²) in [4.78, 5) is 26.5. The van der Waals surface area contributed by atoms with Gasteiger partial charge < -0.3 is 15.4 Å². The van der Waals surface area contributed by atoms with Crippen molar-refractivity contribution >= 4 is 40.1 Å². The fourth-order valence-electron chi connectivity index (χ4n) is 2.31. The van der Waals surface area contributed by atoms with E-state index < -0.39 is 17.7 Å². The molecule has 0 spiro atoms. The molecule has 23 heavy (non-hydrogen) atoms. The van der Waals surface area contributed by atoms with Crippen molar-refractivity contribution in [3.05, 3.63) is 64.6 Å². The molecule has 1 aromatic heterocycles. The highest BCUT2D eigenvalue weighted by Crippen LogP contribution is 2.25. The van der Waals surface area contributed by atoms with E-state index in [1.165, 1.54) is 12.1 Å². The Balaban J connectivity index is 2.04. The third-order valence-corrected chi connectivity index (χ3v) is 3.61. The lowest BCUT2D eigenvalue weighted by Crippen LogP contribution is -2.15. The van der Waals surface area contributed by atoms with Gasteiger partial charge in [-0.25, -0.2) is 9.18 Å². The number of anilines is 1. The molecule has 2 aromatic carbocycles. The Morgan fingerprint density at radius 1 is 1.17 bits per heavy atom. The van der Waals surface area contributed by atoms with Gasteiger partial charge in [0.05, 0.1) is 10.6 Å². The molecule has 0 aliphatic rings. The van der Waals surface area contributed by atoms with Gasteiger partial charge in [0.25, 0.3) is 5.91 Å². The Kier molecular flexibility index (Phi) is 3.75. The predicted octanol–water partition coefficient (Wildman–Crippen LogP) is 3.91. The van der Waals surface area contributed by atoms with Crippen LogP contribution in [0.1, 0.15) is 20.8 Å². The van der Waals surface area contributed by atoms with Crippen LogP contribution in [0.5, 0.6) is 0 Å². The van der Waals surface area contributed by atoms with E-state index in [0.29, 0.717) is 10.9 Å². The third-order valence-electron chi connectivity index (χ3n) is 3.32. The molecule has 3 N–H and O–H groups in total. The van der Waals surface area contributed by atoms with E-state index in [0.717, 1.165) is 6.07 Å². The SMILES string of the molecule is O=C(O)c1[nH]c2ccccc2c1C(=O)Nc1ccc(F)c(Cl)c1. The molecule has 3 rings (SSSR count). The molecular formula is C16H10ClFN2O3. The van der Waals surface area contributed by atoms with Crippen LogP contribution in [0.15, 0.2) is 42.5 Å². The van der Waals surface area contributed by atoms with E-state index in [-0.39, 0.29) is 22.0 Å². The molecule has 0 aliphatic heterocycles. The fraction of sp³-hybridized carbons (Fsp3) is 0. The highest BCUT2D eigenvalue weighted by Gasteiger charge is 2.22. The number of carbonyl (C=O) groups is 2. The van der Waals surface area contributed by atoms with Crippen molar-refractivity contribution in [1.29, 1.82) is 0 Å². The van der Waals surface area contributed by atoms with Gasteiger partial charge in [0.2, 0.25) is 0 Å². The van der Waals surface area contributed by atoms with Crippen LogP contribution < -0.4 is 5.32 Å². The highest BCUT2D eigenvalue weighted by molar-refractivity contribution is 6.31. The van der Waals surface area contributed by atoms with Gasteiger partial charge in [0.15, 0.2) is 0 Å². The number of fused-ring (bicyclic) bond motifs is 1. The monoisotopic (exact) mass is 332 g/mol. The van der Waals surface area contributed by atoms with Gasteiger partial charge in [-0.15, -0.1) is 0 Å². The van der Waals surface area contributed by atoms with Crippen LogP contribution in [0, 0.1) is 5.82 Å². The summed E-state index contributed by atoms with van der Waals surface area (Å²) in [5, 5.41) is 12.1. The molecule has 0 saturated heterocycles. The number of hydrogen-bond acceptors (Lipinski definition) is 2. The van der Waals surface area contributed by atoms with Crippen molar-refractivity contribution < 1.29 is 19.1 Å². The summed E-state index contributed by atoms with van der Waals surface area (Å²) in [6.45, 7) is 0. The van der Waals surface area contributed by atoms with Crippen molar-refractivity contribution in [1.82, 2.24) is 4.98 Å². The number of carboxylic acids is 1. The second-order valence-corrected chi connectivity index (χ2v) is 5.22. The predicted molar refractivity (Wildman–Crippen MR) is 84.6 cm³/mol. The molecule has 0 fully saturated rings. The number of amides is 1. The number of carboxylic acid groups (broad SMARTS) is 1. The molecular weight excluding hydrogens is 323 g/mol. The van der Waals surface area contributed by atoms with Crippen molar-refractivity contribution in [3.8, 4) is 0 Å². The summed E-state index contributed by atoms with van der Waals surface area (Å²) in [7, 11) is 0. The highest BCUT2D eigenvalue weighted by atomic mass is 35.5. The minimum atomic E-state index is -1.25. The second-order valence-electron chi connectivity index (χ2n) is 4.81. The van der Waals surface area contributed by atoms with Gasteiger partial charge in [0.1, 0.15) is 11.5 Å². The summed E-state index contributed by atoms with van der Waals surface area (Å²) < 4.78 is 13.2. The summed E-state index contributed by atoms with van der Waals surface area (Å²) in [6.07, 6.45) is 0. The van der Waals surface area contributed by atoms with Crippen molar-refractivity contribution in [2.75, 3.05) is 5.32 Å². The second kappa shape index (κ2) is 5.73. The van der Waals surface area contributed by atoms with E-state index in [2.05, 4.69) is 10.3 Å². The zero-order chi connectivity index (χ0) is 16.6. The first-order valence-corrected chi connectivity index (χ1v) is 6.95. The average Bonchev–Trinajstić information content (AvgIpc) is 2.91. The van der Waals surface area contributed by atoms with E-state index in [9.17, 15) is 19.1 Å². The van der Waals surface area contributed by atoms with Crippen LogP contribution in [-0.2, 0) is 0 Å². The van der Waals surface area contributed by atoms with Crippen LogP contribution in [0.4, 0.5) is 10.1 Å². The lowest BCUT2D eigenvalue weighted by molar-refractivity contribution is 0.0687. The number of rotatable bonds is 3. The molecule has 0 atom stereocenters.